The Morgan fingerprint density at radius 3 is 2.62 bits per heavy atom. The lowest BCUT2D eigenvalue weighted by Gasteiger charge is -2.01. The lowest BCUT2D eigenvalue weighted by Crippen LogP contribution is -2.12. The van der Waals surface area contributed by atoms with E-state index in [-0.39, 0.29) is 12.4 Å². The minimum Gasteiger partial charge on any atom is -0.454 e. The summed E-state index contributed by atoms with van der Waals surface area (Å²) < 4.78 is 17.7. The van der Waals surface area contributed by atoms with Gasteiger partial charge in [-0.05, 0) is 36.4 Å². The Bertz CT molecular complexity index is 910. The molecule has 1 N–H and O–H groups in total. The van der Waals surface area contributed by atoms with Crippen LogP contribution in [0.1, 0.15) is 15.9 Å². The van der Waals surface area contributed by atoms with Gasteiger partial charge in [-0.15, -0.1) is 0 Å². The zero-order chi connectivity index (χ0) is 16.9. The molecule has 120 valence electrons. The summed E-state index contributed by atoms with van der Waals surface area (Å²) in [4.78, 5) is 26.7. The van der Waals surface area contributed by atoms with Crippen LogP contribution in [-0.2, 0) is 9.53 Å². The molecule has 5 heteroatoms. The largest absolute Gasteiger partial charge is 0.454 e. The molecule has 2 aromatic carbocycles. The van der Waals surface area contributed by atoms with Crippen molar-refractivity contribution in [1.82, 2.24) is 4.98 Å². The first kappa shape index (κ1) is 15.7. The van der Waals surface area contributed by atoms with Crippen LogP contribution in [0.5, 0.6) is 0 Å². The predicted molar refractivity (Wildman–Crippen MR) is 89.0 cm³/mol. The minimum atomic E-state index is -0.615. The normalized spacial score (nSPS) is 11.0. The summed E-state index contributed by atoms with van der Waals surface area (Å²) in [5.74, 6) is -1.43. The summed E-state index contributed by atoms with van der Waals surface area (Å²) >= 11 is 0. The van der Waals surface area contributed by atoms with E-state index in [1.165, 1.54) is 30.3 Å². The van der Waals surface area contributed by atoms with Gasteiger partial charge in [0.2, 0.25) is 0 Å². The molecule has 0 radical (unpaired) electrons. The van der Waals surface area contributed by atoms with Crippen molar-refractivity contribution in [3.05, 3.63) is 77.7 Å². The fourth-order valence-electron chi connectivity index (χ4n) is 2.29. The van der Waals surface area contributed by atoms with Gasteiger partial charge in [-0.25, -0.2) is 9.18 Å². The van der Waals surface area contributed by atoms with E-state index < -0.39 is 11.8 Å². The van der Waals surface area contributed by atoms with Gasteiger partial charge in [0.25, 0.3) is 0 Å². The van der Waals surface area contributed by atoms with Gasteiger partial charge in [-0.2, -0.15) is 0 Å². The van der Waals surface area contributed by atoms with Gasteiger partial charge in [0.05, 0.1) is 0 Å². The molecule has 0 saturated heterocycles. The number of para-hydroxylation sites is 1. The molecule has 0 bridgehead atoms. The standard InChI is InChI=1S/C19H14FNO3/c20-15-8-5-13(6-9-15)18(22)12-24-19(23)10-7-14-11-21-17-4-2-1-3-16(14)17/h1-11,21H,12H2/b10-7+. The summed E-state index contributed by atoms with van der Waals surface area (Å²) in [5.41, 5.74) is 2.12. The van der Waals surface area contributed by atoms with E-state index in [4.69, 9.17) is 4.74 Å². The molecule has 1 heterocycles. The monoisotopic (exact) mass is 323 g/mol. The Morgan fingerprint density at radius 1 is 1.08 bits per heavy atom. The molecular formula is C19H14FNO3. The highest BCUT2D eigenvalue weighted by molar-refractivity contribution is 5.99. The quantitative estimate of drug-likeness (QED) is 0.442. The first-order valence-electron chi connectivity index (χ1n) is 7.33. The van der Waals surface area contributed by atoms with Crippen LogP contribution >= 0.6 is 0 Å². The number of halogens is 1. The lowest BCUT2D eigenvalue weighted by atomic mass is 10.1. The number of aromatic nitrogens is 1. The van der Waals surface area contributed by atoms with E-state index in [0.717, 1.165) is 16.5 Å². The number of hydrogen-bond acceptors (Lipinski definition) is 3. The van der Waals surface area contributed by atoms with Crippen LogP contribution in [0, 0.1) is 5.82 Å². The third-order valence-corrected chi connectivity index (χ3v) is 3.53. The summed E-state index contributed by atoms with van der Waals surface area (Å²) in [6.07, 6.45) is 4.69. The molecule has 1 aromatic heterocycles. The molecular weight excluding hydrogens is 309 g/mol. The van der Waals surface area contributed by atoms with Crippen LogP contribution in [0.4, 0.5) is 4.39 Å². The molecule has 0 aliphatic heterocycles. The van der Waals surface area contributed by atoms with Crippen molar-refractivity contribution in [3.8, 4) is 0 Å². The maximum atomic E-state index is 12.8. The number of ketones is 1. The highest BCUT2D eigenvalue weighted by atomic mass is 19.1. The van der Waals surface area contributed by atoms with Crippen LogP contribution in [0.15, 0.2) is 60.8 Å². The molecule has 0 unspecified atom stereocenters. The molecule has 0 aliphatic rings. The van der Waals surface area contributed by atoms with E-state index >= 15 is 0 Å². The third kappa shape index (κ3) is 3.57. The summed E-state index contributed by atoms with van der Waals surface area (Å²) in [7, 11) is 0. The van der Waals surface area contributed by atoms with E-state index in [1.54, 1.807) is 12.3 Å². The van der Waals surface area contributed by atoms with Crippen molar-refractivity contribution < 1.29 is 18.7 Å². The van der Waals surface area contributed by atoms with E-state index in [0.29, 0.717) is 5.56 Å². The molecule has 0 aliphatic carbocycles. The van der Waals surface area contributed by atoms with E-state index in [2.05, 4.69) is 4.98 Å². The Balaban J connectivity index is 1.59. The molecule has 0 fully saturated rings. The second-order valence-electron chi connectivity index (χ2n) is 5.16. The summed E-state index contributed by atoms with van der Waals surface area (Å²) in [5, 5.41) is 0.990. The minimum absolute atomic E-state index is 0.296. The van der Waals surface area contributed by atoms with Crippen LogP contribution in [0.3, 0.4) is 0 Å². The van der Waals surface area contributed by atoms with Gasteiger partial charge in [-0.3, -0.25) is 4.79 Å². The maximum absolute atomic E-state index is 12.8. The van der Waals surface area contributed by atoms with Gasteiger partial charge in [0, 0.05) is 34.3 Å². The second-order valence-corrected chi connectivity index (χ2v) is 5.16. The number of nitrogens with one attached hydrogen (secondary N) is 1. The van der Waals surface area contributed by atoms with Crippen molar-refractivity contribution in [2.75, 3.05) is 6.61 Å². The molecule has 0 saturated carbocycles. The zero-order valence-electron chi connectivity index (χ0n) is 12.7. The SMILES string of the molecule is O=C(/C=C/c1c[nH]c2ccccc12)OCC(=O)c1ccc(F)cc1. The van der Waals surface area contributed by atoms with Gasteiger partial charge in [0.1, 0.15) is 5.82 Å². The number of hydrogen-bond donors (Lipinski definition) is 1. The molecule has 3 aromatic rings. The third-order valence-electron chi connectivity index (χ3n) is 3.53. The zero-order valence-corrected chi connectivity index (χ0v) is 12.7. The number of Topliss-reactive ketones (excluding diaryl/α,β-unsaturated/α-hetero) is 1. The fraction of sp³-hybridized carbons (Fsp3) is 0.0526. The van der Waals surface area contributed by atoms with Crippen molar-refractivity contribution in [2.45, 2.75) is 0 Å². The number of carbonyl (C=O) groups excluding carboxylic acids is 2. The van der Waals surface area contributed by atoms with Gasteiger partial charge in [0.15, 0.2) is 12.4 Å². The Hall–Kier alpha value is -3.21. The number of benzene rings is 2. The fourth-order valence-corrected chi connectivity index (χ4v) is 2.29. The van der Waals surface area contributed by atoms with Crippen LogP contribution in [0.2, 0.25) is 0 Å². The topological polar surface area (TPSA) is 59.2 Å². The van der Waals surface area contributed by atoms with Crippen molar-refractivity contribution in [3.63, 3.8) is 0 Å². The summed E-state index contributed by atoms with van der Waals surface area (Å²) in [6.45, 7) is -0.386. The lowest BCUT2D eigenvalue weighted by molar-refractivity contribution is -0.136. The van der Waals surface area contributed by atoms with Gasteiger partial charge in [-0.1, -0.05) is 18.2 Å². The number of rotatable bonds is 5. The first-order chi connectivity index (χ1) is 11.6. The molecule has 0 atom stereocenters. The van der Waals surface area contributed by atoms with Crippen LogP contribution < -0.4 is 0 Å². The van der Waals surface area contributed by atoms with Crippen molar-refractivity contribution in [2.24, 2.45) is 0 Å². The number of H-pyrrole nitrogens is 1. The summed E-state index contributed by atoms with van der Waals surface area (Å²) in [6, 6.07) is 12.8. The highest BCUT2D eigenvalue weighted by Gasteiger charge is 2.08. The van der Waals surface area contributed by atoms with Gasteiger partial charge < -0.3 is 9.72 Å². The molecule has 0 spiro atoms. The van der Waals surface area contributed by atoms with E-state index in [9.17, 15) is 14.0 Å². The van der Waals surface area contributed by atoms with Crippen molar-refractivity contribution in [1.29, 1.82) is 0 Å². The number of fused-ring (bicyclic) bond motifs is 1. The Labute approximate surface area is 137 Å². The maximum Gasteiger partial charge on any atom is 0.331 e. The van der Waals surface area contributed by atoms with E-state index in [1.807, 2.05) is 24.3 Å². The van der Waals surface area contributed by atoms with Crippen molar-refractivity contribution >= 4 is 28.7 Å². The number of esters is 1. The predicted octanol–water partition coefficient (Wildman–Crippen LogP) is 3.75. The Morgan fingerprint density at radius 2 is 1.83 bits per heavy atom. The Kier molecular flexibility index (Phi) is 4.52. The molecule has 24 heavy (non-hydrogen) atoms. The average molecular weight is 323 g/mol. The molecule has 0 amide bonds. The molecule has 3 rings (SSSR count). The highest BCUT2D eigenvalue weighted by Crippen LogP contribution is 2.18. The number of carbonyl (C=O) groups is 2. The van der Waals surface area contributed by atoms with Crippen LogP contribution in [0.25, 0.3) is 17.0 Å². The average Bonchev–Trinajstić information content (AvgIpc) is 3.01. The number of aromatic amines is 1. The molecule has 4 nitrogen and oxygen atoms in total. The first-order valence-corrected chi connectivity index (χ1v) is 7.33. The number of ether oxygens (including phenoxy) is 1. The van der Waals surface area contributed by atoms with Crippen LogP contribution in [-0.4, -0.2) is 23.3 Å². The van der Waals surface area contributed by atoms with Gasteiger partial charge >= 0.3 is 5.97 Å². The smallest absolute Gasteiger partial charge is 0.331 e. The second kappa shape index (κ2) is 6.91.